The molecule has 0 bridgehead atoms. The van der Waals surface area contributed by atoms with Gasteiger partial charge in [0.15, 0.2) is 11.6 Å². The summed E-state index contributed by atoms with van der Waals surface area (Å²) in [5.41, 5.74) is 3.07. The first-order chi connectivity index (χ1) is 17.0. The topological polar surface area (TPSA) is 69.2 Å². The highest BCUT2D eigenvalue weighted by atomic mass is 16.5. The van der Waals surface area contributed by atoms with Crippen LogP contribution in [0.25, 0.3) is 11.4 Å². The number of ether oxygens (including phenoxy) is 1. The lowest BCUT2D eigenvalue weighted by molar-refractivity contribution is 0.0734. The van der Waals surface area contributed by atoms with Gasteiger partial charge in [-0.15, -0.1) is 0 Å². The number of aryl methyl sites for hydroxylation is 1. The second kappa shape index (κ2) is 13.5. The Kier molecular flexibility index (Phi) is 10.1. The number of ketones is 1. The van der Waals surface area contributed by atoms with Gasteiger partial charge in [-0.1, -0.05) is 65.0 Å². The van der Waals surface area contributed by atoms with Crippen LogP contribution in [-0.2, 0) is 6.42 Å². The summed E-state index contributed by atoms with van der Waals surface area (Å²) in [5.74, 6) is 0.663. The molecule has 0 N–H and O–H groups in total. The Labute approximate surface area is 209 Å². The predicted molar refractivity (Wildman–Crippen MR) is 140 cm³/mol. The van der Waals surface area contributed by atoms with E-state index in [-0.39, 0.29) is 11.7 Å². The molecule has 35 heavy (non-hydrogen) atoms. The van der Waals surface area contributed by atoms with E-state index in [0.717, 1.165) is 24.0 Å². The Bertz CT molecular complexity index is 1070. The molecule has 1 atom stereocenters. The van der Waals surface area contributed by atoms with E-state index in [1.165, 1.54) is 38.5 Å². The monoisotopic (exact) mass is 472 g/mol. The minimum absolute atomic E-state index is 0.0255. The zero-order valence-corrected chi connectivity index (χ0v) is 21.1. The smallest absolute Gasteiger partial charge is 0.343 e. The fourth-order valence-corrected chi connectivity index (χ4v) is 3.82. The van der Waals surface area contributed by atoms with Gasteiger partial charge >= 0.3 is 5.97 Å². The number of unbranched alkanes of at least 4 members (excludes halogenated alkanes) is 5. The van der Waals surface area contributed by atoms with Crippen LogP contribution in [0.3, 0.4) is 0 Å². The summed E-state index contributed by atoms with van der Waals surface area (Å²) < 4.78 is 5.47. The molecule has 0 aliphatic heterocycles. The van der Waals surface area contributed by atoms with Crippen LogP contribution in [0.4, 0.5) is 0 Å². The molecular formula is C30H36N2O3. The van der Waals surface area contributed by atoms with Crippen LogP contribution in [0.2, 0.25) is 0 Å². The third kappa shape index (κ3) is 7.84. The molecule has 1 aromatic heterocycles. The van der Waals surface area contributed by atoms with E-state index < -0.39 is 5.97 Å². The molecule has 0 amide bonds. The number of rotatable bonds is 13. The molecule has 5 nitrogen and oxygen atoms in total. The van der Waals surface area contributed by atoms with Crippen molar-refractivity contribution >= 4 is 11.8 Å². The van der Waals surface area contributed by atoms with Gasteiger partial charge in [0.25, 0.3) is 0 Å². The maximum atomic E-state index is 12.5. The summed E-state index contributed by atoms with van der Waals surface area (Å²) in [4.78, 5) is 33.8. The molecule has 2 aromatic carbocycles. The van der Waals surface area contributed by atoms with Crippen LogP contribution in [0, 0.1) is 5.92 Å². The first kappa shape index (κ1) is 26.3. The second-order valence-electron chi connectivity index (χ2n) is 9.10. The van der Waals surface area contributed by atoms with Crippen LogP contribution in [0.1, 0.15) is 92.0 Å². The van der Waals surface area contributed by atoms with Gasteiger partial charge < -0.3 is 4.74 Å². The Morgan fingerprint density at radius 1 is 0.800 bits per heavy atom. The van der Waals surface area contributed by atoms with Crippen molar-refractivity contribution in [3.05, 3.63) is 77.6 Å². The van der Waals surface area contributed by atoms with E-state index in [0.29, 0.717) is 22.7 Å². The highest BCUT2D eigenvalue weighted by Crippen LogP contribution is 2.20. The number of Topliss-reactive ketones (excluding diaryl/α,β-unsaturated/α-hetero) is 1. The molecule has 0 fully saturated rings. The summed E-state index contributed by atoms with van der Waals surface area (Å²) in [6.07, 6.45) is 13.2. The molecule has 0 spiro atoms. The van der Waals surface area contributed by atoms with Crippen LogP contribution in [0.5, 0.6) is 5.75 Å². The maximum Gasteiger partial charge on any atom is 0.343 e. The van der Waals surface area contributed by atoms with Crippen LogP contribution in [-0.4, -0.2) is 21.7 Å². The molecule has 184 valence electrons. The average molecular weight is 473 g/mol. The van der Waals surface area contributed by atoms with E-state index in [4.69, 9.17) is 4.74 Å². The first-order valence-electron chi connectivity index (χ1n) is 12.8. The zero-order chi connectivity index (χ0) is 25.0. The number of hydrogen-bond acceptors (Lipinski definition) is 5. The number of hydrogen-bond donors (Lipinski definition) is 0. The van der Waals surface area contributed by atoms with E-state index in [1.807, 2.05) is 38.4 Å². The molecule has 3 aromatic rings. The van der Waals surface area contributed by atoms with Gasteiger partial charge in [0.05, 0.1) is 5.56 Å². The van der Waals surface area contributed by atoms with Crippen molar-refractivity contribution in [1.29, 1.82) is 0 Å². The number of carbonyl (C=O) groups excluding carboxylic acids is 2. The van der Waals surface area contributed by atoms with Gasteiger partial charge in [-0.25, -0.2) is 14.8 Å². The molecule has 0 aliphatic carbocycles. The largest absolute Gasteiger partial charge is 0.423 e. The summed E-state index contributed by atoms with van der Waals surface area (Å²) >= 11 is 0. The third-order valence-corrected chi connectivity index (χ3v) is 6.31. The number of benzene rings is 2. The molecule has 5 heteroatoms. The van der Waals surface area contributed by atoms with Gasteiger partial charge in [-0.3, -0.25) is 4.79 Å². The van der Waals surface area contributed by atoms with E-state index in [9.17, 15) is 9.59 Å². The SMILES string of the molecule is CCCCCCCCc1cnc(-c2ccc(C(=O)Oc3ccc(C(=O)[C@@H](C)CC)cc3)cc2)nc1. The molecule has 0 saturated carbocycles. The molecule has 3 rings (SSSR count). The van der Waals surface area contributed by atoms with E-state index in [1.54, 1.807) is 36.4 Å². The van der Waals surface area contributed by atoms with Crippen molar-refractivity contribution in [3.8, 4) is 17.1 Å². The number of aromatic nitrogens is 2. The number of carbonyl (C=O) groups is 2. The van der Waals surface area contributed by atoms with E-state index in [2.05, 4.69) is 16.9 Å². The quantitative estimate of drug-likeness (QED) is 0.111. The number of nitrogens with zero attached hydrogens (tertiary/aromatic N) is 2. The Hall–Kier alpha value is -3.34. The molecule has 1 heterocycles. The second-order valence-corrected chi connectivity index (χ2v) is 9.10. The van der Waals surface area contributed by atoms with Gasteiger partial charge in [-0.2, -0.15) is 0 Å². The summed E-state index contributed by atoms with van der Waals surface area (Å²) in [5, 5.41) is 0. The van der Waals surface area contributed by atoms with Crippen molar-refractivity contribution in [3.63, 3.8) is 0 Å². The fraction of sp³-hybridized carbons (Fsp3) is 0.400. The Morgan fingerprint density at radius 2 is 1.40 bits per heavy atom. The predicted octanol–water partition coefficient (Wildman–Crippen LogP) is 7.49. The summed E-state index contributed by atoms with van der Waals surface area (Å²) in [6, 6.07) is 13.8. The van der Waals surface area contributed by atoms with Crippen LogP contribution < -0.4 is 4.74 Å². The minimum atomic E-state index is -0.451. The van der Waals surface area contributed by atoms with Crippen LogP contribution >= 0.6 is 0 Å². The van der Waals surface area contributed by atoms with Gasteiger partial charge in [0.2, 0.25) is 0 Å². The average Bonchev–Trinajstić information content (AvgIpc) is 2.90. The zero-order valence-electron chi connectivity index (χ0n) is 21.1. The lowest BCUT2D eigenvalue weighted by Gasteiger charge is -2.09. The minimum Gasteiger partial charge on any atom is -0.423 e. The Morgan fingerprint density at radius 3 is 2.03 bits per heavy atom. The van der Waals surface area contributed by atoms with E-state index >= 15 is 0 Å². The maximum absolute atomic E-state index is 12.5. The normalized spacial score (nSPS) is 11.7. The highest BCUT2D eigenvalue weighted by Gasteiger charge is 2.14. The van der Waals surface area contributed by atoms with Crippen molar-refractivity contribution in [1.82, 2.24) is 9.97 Å². The molecule has 0 unspecified atom stereocenters. The third-order valence-electron chi connectivity index (χ3n) is 6.31. The van der Waals surface area contributed by atoms with Crippen molar-refractivity contribution < 1.29 is 14.3 Å². The van der Waals surface area contributed by atoms with Gasteiger partial charge in [-0.05, 0) is 61.2 Å². The molecule has 0 radical (unpaired) electrons. The standard InChI is InChI=1S/C30H36N2O3/c1-4-6-7-8-9-10-11-23-20-31-29(32-21-23)25-12-14-26(15-13-25)30(34)35-27-18-16-24(17-19-27)28(33)22(3)5-2/h12-22H,4-11H2,1-3H3/t22-/m0/s1. The first-order valence-corrected chi connectivity index (χ1v) is 12.8. The lowest BCUT2D eigenvalue weighted by Crippen LogP contribution is -2.11. The molecule has 0 saturated heterocycles. The van der Waals surface area contributed by atoms with Crippen LogP contribution in [0.15, 0.2) is 60.9 Å². The highest BCUT2D eigenvalue weighted by molar-refractivity contribution is 5.98. The fourth-order valence-electron chi connectivity index (χ4n) is 3.82. The molecule has 0 aliphatic rings. The summed E-state index contributed by atoms with van der Waals surface area (Å²) in [7, 11) is 0. The number of esters is 1. The van der Waals surface area contributed by atoms with Gasteiger partial charge in [0.1, 0.15) is 5.75 Å². The lowest BCUT2D eigenvalue weighted by atomic mass is 9.97. The molecular weight excluding hydrogens is 436 g/mol. The van der Waals surface area contributed by atoms with Crippen molar-refractivity contribution in [2.45, 2.75) is 72.1 Å². The van der Waals surface area contributed by atoms with Crippen molar-refractivity contribution in [2.24, 2.45) is 5.92 Å². The van der Waals surface area contributed by atoms with Crippen molar-refractivity contribution in [2.75, 3.05) is 0 Å². The summed E-state index contributed by atoms with van der Waals surface area (Å²) in [6.45, 7) is 6.13. The Balaban J connectivity index is 1.53. The van der Waals surface area contributed by atoms with Gasteiger partial charge in [0, 0.05) is 29.4 Å².